The Hall–Kier alpha value is -2.92. The lowest BCUT2D eigenvalue weighted by Gasteiger charge is -2.07. The second-order valence-corrected chi connectivity index (χ2v) is 5.92. The van der Waals surface area contributed by atoms with E-state index in [0.717, 1.165) is 6.07 Å². The highest BCUT2D eigenvalue weighted by Gasteiger charge is 2.16. The van der Waals surface area contributed by atoms with E-state index in [0.29, 0.717) is 11.1 Å². The van der Waals surface area contributed by atoms with Gasteiger partial charge in [0.05, 0.1) is 22.6 Å². The molecule has 0 bridgehead atoms. The highest BCUT2D eigenvalue weighted by Crippen LogP contribution is 2.21. The normalized spacial score (nSPS) is 10.7. The fraction of sp³-hybridized carbons (Fsp3) is 0.0714. The summed E-state index contributed by atoms with van der Waals surface area (Å²) in [4.78, 5) is 10.0. The first-order valence-corrected chi connectivity index (χ1v) is 7.63. The lowest BCUT2D eigenvalue weighted by Crippen LogP contribution is -2.12. The molecule has 2 rings (SSSR count). The van der Waals surface area contributed by atoms with Gasteiger partial charge in [-0.25, -0.2) is 0 Å². The SMILES string of the molecule is N#Cc1cccc(CS(=O)(=O)Oc2cccc([N+](=O)[O-])c2)c1. The van der Waals surface area contributed by atoms with Crippen LogP contribution in [0.4, 0.5) is 5.69 Å². The molecule has 0 spiro atoms. The number of hydrogen-bond donors (Lipinski definition) is 0. The van der Waals surface area contributed by atoms with Gasteiger partial charge in [-0.1, -0.05) is 18.2 Å². The number of non-ortho nitro benzene ring substituents is 1. The second kappa shape index (κ2) is 6.24. The van der Waals surface area contributed by atoms with Crippen LogP contribution in [0.2, 0.25) is 0 Å². The lowest BCUT2D eigenvalue weighted by molar-refractivity contribution is -0.384. The molecule has 2 aromatic carbocycles. The van der Waals surface area contributed by atoms with Gasteiger partial charge in [0, 0.05) is 6.07 Å². The van der Waals surface area contributed by atoms with E-state index in [9.17, 15) is 18.5 Å². The minimum absolute atomic E-state index is 0.134. The summed E-state index contributed by atoms with van der Waals surface area (Å²) in [5, 5.41) is 19.4. The summed E-state index contributed by atoms with van der Waals surface area (Å²) in [7, 11) is -3.99. The second-order valence-electron chi connectivity index (χ2n) is 4.35. The van der Waals surface area contributed by atoms with Crippen LogP contribution in [0.15, 0.2) is 48.5 Å². The van der Waals surface area contributed by atoms with Gasteiger partial charge in [-0.15, -0.1) is 0 Å². The van der Waals surface area contributed by atoms with Crippen LogP contribution in [0.5, 0.6) is 5.75 Å². The molecule has 0 saturated heterocycles. The largest absolute Gasteiger partial charge is 0.382 e. The van der Waals surface area contributed by atoms with Crippen molar-refractivity contribution in [1.82, 2.24) is 0 Å². The van der Waals surface area contributed by atoms with Gasteiger partial charge in [-0.05, 0) is 23.8 Å². The number of rotatable bonds is 5. The van der Waals surface area contributed by atoms with Crippen molar-refractivity contribution in [3.63, 3.8) is 0 Å². The number of nitrogens with zero attached hydrogens (tertiary/aromatic N) is 2. The van der Waals surface area contributed by atoms with Crippen molar-refractivity contribution in [2.24, 2.45) is 0 Å². The van der Waals surface area contributed by atoms with Crippen molar-refractivity contribution in [2.75, 3.05) is 0 Å². The summed E-state index contributed by atoms with van der Waals surface area (Å²) in [5.41, 5.74) is 0.465. The number of nitro benzene ring substituents is 1. The van der Waals surface area contributed by atoms with Crippen LogP contribution in [0, 0.1) is 21.4 Å². The molecule has 0 N–H and O–H groups in total. The molecular weight excluding hydrogens is 308 g/mol. The predicted molar refractivity (Wildman–Crippen MR) is 77.5 cm³/mol. The van der Waals surface area contributed by atoms with Crippen LogP contribution < -0.4 is 4.18 Å². The van der Waals surface area contributed by atoms with Gasteiger partial charge in [-0.3, -0.25) is 10.1 Å². The summed E-state index contributed by atoms with van der Waals surface area (Å²) in [6.45, 7) is 0. The van der Waals surface area contributed by atoms with Crippen molar-refractivity contribution in [3.8, 4) is 11.8 Å². The molecule has 0 fully saturated rings. The van der Waals surface area contributed by atoms with E-state index in [2.05, 4.69) is 0 Å². The molecule has 0 aliphatic heterocycles. The Balaban J connectivity index is 2.19. The number of benzene rings is 2. The third kappa shape index (κ3) is 4.04. The molecule has 0 aliphatic rings. The summed E-state index contributed by atoms with van der Waals surface area (Å²) >= 11 is 0. The Morgan fingerprint density at radius 2 is 1.91 bits per heavy atom. The highest BCUT2D eigenvalue weighted by molar-refractivity contribution is 7.86. The molecule has 8 heteroatoms. The molecule has 0 saturated carbocycles. The number of nitro groups is 1. The van der Waals surface area contributed by atoms with E-state index in [1.165, 1.54) is 24.3 Å². The molecule has 0 heterocycles. The maximum absolute atomic E-state index is 12.0. The first kappa shape index (κ1) is 15.5. The van der Waals surface area contributed by atoms with Crippen molar-refractivity contribution in [1.29, 1.82) is 5.26 Å². The van der Waals surface area contributed by atoms with Crippen LogP contribution in [0.3, 0.4) is 0 Å². The molecule has 2 aromatic rings. The first-order valence-electron chi connectivity index (χ1n) is 6.05. The van der Waals surface area contributed by atoms with Gasteiger partial charge in [-0.2, -0.15) is 13.7 Å². The zero-order valence-electron chi connectivity index (χ0n) is 11.2. The van der Waals surface area contributed by atoms with Gasteiger partial charge in [0.2, 0.25) is 0 Å². The third-order valence-corrected chi connectivity index (χ3v) is 3.78. The van der Waals surface area contributed by atoms with E-state index in [1.807, 2.05) is 6.07 Å². The molecule has 0 unspecified atom stereocenters. The van der Waals surface area contributed by atoms with Crippen molar-refractivity contribution in [2.45, 2.75) is 5.75 Å². The molecule has 7 nitrogen and oxygen atoms in total. The average molecular weight is 318 g/mol. The monoisotopic (exact) mass is 318 g/mol. The van der Waals surface area contributed by atoms with Crippen LogP contribution in [-0.2, 0) is 15.9 Å². The Bertz CT molecular complexity index is 856. The smallest absolute Gasteiger partial charge is 0.313 e. The minimum atomic E-state index is -3.99. The van der Waals surface area contributed by atoms with Gasteiger partial charge < -0.3 is 4.18 Å². The van der Waals surface area contributed by atoms with E-state index < -0.39 is 20.8 Å². The fourth-order valence-electron chi connectivity index (χ4n) is 1.76. The van der Waals surface area contributed by atoms with Gasteiger partial charge in [0.25, 0.3) is 5.69 Å². The maximum Gasteiger partial charge on any atom is 0.313 e. The summed E-state index contributed by atoms with van der Waals surface area (Å²) < 4.78 is 28.8. The Labute approximate surface area is 126 Å². The van der Waals surface area contributed by atoms with E-state index in [-0.39, 0.29) is 11.4 Å². The predicted octanol–water partition coefficient (Wildman–Crippen LogP) is 2.38. The van der Waals surface area contributed by atoms with Crippen molar-refractivity contribution in [3.05, 3.63) is 69.8 Å². The van der Waals surface area contributed by atoms with Crippen LogP contribution in [-0.4, -0.2) is 13.3 Å². The molecular formula is C14H10N2O5S. The zero-order valence-corrected chi connectivity index (χ0v) is 12.0. The standard InChI is InChI=1S/C14H10N2O5S/c15-9-11-3-1-4-12(7-11)10-22(19,20)21-14-6-2-5-13(8-14)16(17)18/h1-8H,10H2. The zero-order chi connectivity index (χ0) is 16.2. The van der Waals surface area contributed by atoms with Crippen LogP contribution in [0.1, 0.15) is 11.1 Å². The fourth-order valence-corrected chi connectivity index (χ4v) is 2.80. The molecule has 0 amide bonds. The minimum Gasteiger partial charge on any atom is -0.382 e. The van der Waals surface area contributed by atoms with E-state index >= 15 is 0 Å². The van der Waals surface area contributed by atoms with Crippen LogP contribution in [0.25, 0.3) is 0 Å². The maximum atomic E-state index is 12.0. The molecule has 112 valence electrons. The highest BCUT2D eigenvalue weighted by atomic mass is 32.2. The molecule has 0 aromatic heterocycles. The lowest BCUT2D eigenvalue weighted by atomic mass is 10.2. The summed E-state index contributed by atoms with van der Waals surface area (Å²) in [5.74, 6) is -0.573. The van der Waals surface area contributed by atoms with Gasteiger partial charge in [0.1, 0.15) is 11.5 Å². The van der Waals surface area contributed by atoms with Crippen LogP contribution >= 0.6 is 0 Å². The Kier molecular flexibility index (Phi) is 4.39. The summed E-state index contributed by atoms with van der Waals surface area (Å²) in [6, 6.07) is 12.9. The van der Waals surface area contributed by atoms with E-state index in [4.69, 9.17) is 9.44 Å². The average Bonchev–Trinajstić information content (AvgIpc) is 2.46. The Morgan fingerprint density at radius 3 is 2.59 bits per heavy atom. The molecule has 0 aliphatic carbocycles. The molecule has 0 atom stereocenters. The summed E-state index contributed by atoms with van der Waals surface area (Å²) in [6.07, 6.45) is 0. The Morgan fingerprint density at radius 1 is 1.18 bits per heavy atom. The number of nitriles is 1. The van der Waals surface area contributed by atoms with Gasteiger partial charge in [0.15, 0.2) is 0 Å². The topological polar surface area (TPSA) is 110 Å². The third-order valence-electron chi connectivity index (χ3n) is 2.65. The van der Waals surface area contributed by atoms with Crippen molar-refractivity contribution < 1.29 is 17.5 Å². The van der Waals surface area contributed by atoms with Gasteiger partial charge >= 0.3 is 10.1 Å². The number of hydrogen-bond acceptors (Lipinski definition) is 6. The molecule has 22 heavy (non-hydrogen) atoms. The quantitative estimate of drug-likeness (QED) is 0.475. The van der Waals surface area contributed by atoms with E-state index in [1.54, 1.807) is 18.2 Å². The van der Waals surface area contributed by atoms with Crippen molar-refractivity contribution >= 4 is 15.8 Å². The molecule has 0 radical (unpaired) electrons. The first-order chi connectivity index (χ1) is 10.4.